The van der Waals surface area contributed by atoms with Crippen molar-refractivity contribution in [3.63, 3.8) is 0 Å². The first-order chi connectivity index (χ1) is 15.8. The molecule has 0 saturated carbocycles. The van der Waals surface area contributed by atoms with Crippen LogP contribution in [-0.4, -0.2) is 38.3 Å². The first-order valence-corrected chi connectivity index (χ1v) is 11.4. The molecule has 0 aliphatic carbocycles. The summed E-state index contributed by atoms with van der Waals surface area (Å²) in [4.78, 5) is 24.7. The van der Waals surface area contributed by atoms with Crippen LogP contribution in [0.1, 0.15) is 21.5 Å². The number of fused-ring (bicyclic) bond motifs is 1. The van der Waals surface area contributed by atoms with E-state index in [1.165, 1.54) is 24.3 Å². The van der Waals surface area contributed by atoms with Crippen LogP contribution in [0.15, 0.2) is 82.1 Å². The molecular formula is C23H19N3O6S. The van der Waals surface area contributed by atoms with Gasteiger partial charge in [0.2, 0.25) is 0 Å². The third kappa shape index (κ3) is 4.46. The van der Waals surface area contributed by atoms with E-state index in [1.807, 2.05) is 18.2 Å². The fourth-order valence-electron chi connectivity index (χ4n) is 3.55. The molecule has 1 aliphatic rings. The monoisotopic (exact) mass is 465 g/mol. The molecule has 10 heteroatoms. The van der Waals surface area contributed by atoms with Gasteiger partial charge in [-0.2, -0.15) is 8.42 Å². The van der Waals surface area contributed by atoms with Crippen molar-refractivity contribution in [2.45, 2.75) is 11.8 Å². The zero-order chi connectivity index (χ0) is 23.6. The fourth-order valence-corrected chi connectivity index (χ4v) is 4.76. The van der Waals surface area contributed by atoms with E-state index >= 15 is 0 Å². The van der Waals surface area contributed by atoms with Crippen molar-refractivity contribution in [2.75, 3.05) is 18.1 Å². The topological polar surface area (TPSA) is 119 Å². The van der Waals surface area contributed by atoms with E-state index in [1.54, 1.807) is 42.2 Å². The maximum absolute atomic E-state index is 12.5. The summed E-state index contributed by atoms with van der Waals surface area (Å²) in [5, 5.41) is 11.0. The number of hydrogen-bond donors (Lipinski definition) is 0. The van der Waals surface area contributed by atoms with Crippen molar-refractivity contribution in [1.82, 2.24) is 0 Å². The van der Waals surface area contributed by atoms with Gasteiger partial charge in [0.25, 0.3) is 15.7 Å². The van der Waals surface area contributed by atoms with Crippen molar-refractivity contribution < 1.29 is 22.9 Å². The number of nitro benzene ring substituents is 1. The van der Waals surface area contributed by atoms with Crippen LogP contribution in [0.25, 0.3) is 0 Å². The van der Waals surface area contributed by atoms with Gasteiger partial charge in [-0.3, -0.25) is 10.1 Å². The highest BCUT2D eigenvalue weighted by molar-refractivity contribution is 7.90. The molecule has 0 atom stereocenters. The Morgan fingerprint density at radius 3 is 2.45 bits per heavy atom. The maximum atomic E-state index is 12.5. The number of carbonyl (C=O) groups excluding carboxylic acids is 1. The molecule has 3 aromatic rings. The number of carbonyl (C=O) groups is 1. The molecule has 0 saturated heterocycles. The highest BCUT2D eigenvalue weighted by atomic mass is 32.2. The number of nitrogens with zero attached hydrogens (tertiary/aromatic N) is 3. The minimum Gasteiger partial charge on any atom is -0.460 e. The van der Waals surface area contributed by atoms with Crippen molar-refractivity contribution in [3.8, 4) is 0 Å². The van der Waals surface area contributed by atoms with Crippen molar-refractivity contribution >= 4 is 33.2 Å². The predicted molar refractivity (Wildman–Crippen MR) is 122 cm³/mol. The lowest BCUT2D eigenvalue weighted by Gasteiger charge is -2.24. The van der Waals surface area contributed by atoms with Crippen LogP contribution in [-0.2, 0) is 14.8 Å². The highest BCUT2D eigenvalue weighted by Gasteiger charge is 2.32. The number of hydrogen-bond acceptors (Lipinski definition) is 7. The molecule has 0 N–H and O–H groups in total. The zero-order valence-corrected chi connectivity index (χ0v) is 18.4. The number of anilines is 1. The van der Waals surface area contributed by atoms with Crippen LogP contribution in [0.4, 0.5) is 11.4 Å². The summed E-state index contributed by atoms with van der Waals surface area (Å²) in [7, 11) is -3.82. The first kappa shape index (κ1) is 22.2. The van der Waals surface area contributed by atoms with E-state index in [9.17, 15) is 23.3 Å². The lowest BCUT2D eigenvalue weighted by Crippen LogP contribution is -2.34. The second-order valence-corrected chi connectivity index (χ2v) is 8.84. The minimum absolute atomic E-state index is 0.0645. The largest absolute Gasteiger partial charge is 0.460 e. The SMILES string of the molecule is Cc1cc(C(=O)OCCN(C2=NS(=O)(=O)c3ccccc32)c2ccccc2)ccc1[N+](=O)[O-]. The Morgan fingerprint density at radius 2 is 1.76 bits per heavy atom. The Kier molecular flexibility index (Phi) is 5.93. The van der Waals surface area contributed by atoms with Gasteiger partial charge in [0.05, 0.1) is 17.0 Å². The van der Waals surface area contributed by atoms with Gasteiger partial charge in [0.1, 0.15) is 11.5 Å². The van der Waals surface area contributed by atoms with Crippen molar-refractivity contribution in [2.24, 2.45) is 4.40 Å². The van der Waals surface area contributed by atoms with Crippen LogP contribution >= 0.6 is 0 Å². The number of para-hydroxylation sites is 1. The number of aryl methyl sites for hydroxylation is 1. The fraction of sp³-hybridized carbons (Fsp3) is 0.130. The summed E-state index contributed by atoms with van der Waals surface area (Å²) in [6, 6.07) is 19.6. The number of rotatable bonds is 6. The van der Waals surface area contributed by atoms with Crippen LogP contribution in [0.5, 0.6) is 0 Å². The predicted octanol–water partition coefficient (Wildman–Crippen LogP) is 3.72. The second kappa shape index (κ2) is 8.83. The van der Waals surface area contributed by atoms with Gasteiger partial charge in [-0.25, -0.2) is 4.79 Å². The molecule has 0 spiro atoms. The zero-order valence-electron chi connectivity index (χ0n) is 17.5. The summed E-state index contributed by atoms with van der Waals surface area (Å²) >= 11 is 0. The minimum atomic E-state index is -3.82. The van der Waals surface area contributed by atoms with Gasteiger partial charge in [-0.05, 0) is 43.3 Å². The summed E-state index contributed by atoms with van der Waals surface area (Å²) in [6.07, 6.45) is 0. The number of ether oxygens (including phenoxy) is 1. The molecule has 0 fully saturated rings. The molecular weight excluding hydrogens is 446 g/mol. The van der Waals surface area contributed by atoms with Crippen LogP contribution < -0.4 is 4.90 Å². The number of benzene rings is 3. The van der Waals surface area contributed by atoms with Crippen molar-refractivity contribution in [3.05, 3.63) is 99.6 Å². The molecule has 9 nitrogen and oxygen atoms in total. The van der Waals surface area contributed by atoms with Crippen LogP contribution in [0, 0.1) is 17.0 Å². The maximum Gasteiger partial charge on any atom is 0.338 e. The molecule has 33 heavy (non-hydrogen) atoms. The summed E-state index contributed by atoms with van der Waals surface area (Å²) in [6.45, 7) is 1.62. The number of amidine groups is 1. The van der Waals surface area contributed by atoms with Gasteiger partial charge in [0, 0.05) is 22.9 Å². The first-order valence-electron chi connectivity index (χ1n) is 9.97. The van der Waals surface area contributed by atoms with E-state index in [4.69, 9.17) is 4.74 Å². The number of sulfonamides is 1. The molecule has 4 rings (SSSR count). The molecule has 0 radical (unpaired) electrons. The Balaban J connectivity index is 1.56. The molecule has 1 aliphatic heterocycles. The average Bonchev–Trinajstić information content (AvgIpc) is 3.07. The van der Waals surface area contributed by atoms with Crippen LogP contribution in [0.2, 0.25) is 0 Å². The van der Waals surface area contributed by atoms with E-state index < -0.39 is 20.9 Å². The van der Waals surface area contributed by atoms with E-state index in [0.29, 0.717) is 16.8 Å². The standard InChI is InChI=1S/C23H19N3O6S/c1-16-15-17(11-12-20(16)26(28)29)23(27)32-14-13-25(18-7-3-2-4-8-18)22-19-9-5-6-10-21(19)33(30,31)24-22/h2-12,15H,13-14H2,1H3. The van der Waals surface area contributed by atoms with Crippen LogP contribution in [0.3, 0.4) is 0 Å². The van der Waals surface area contributed by atoms with Gasteiger partial charge < -0.3 is 9.64 Å². The van der Waals surface area contributed by atoms with E-state index in [2.05, 4.69) is 4.40 Å². The Bertz CT molecular complexity index is 1370. The molecule has 0 bridgehead atoms. The third-order valence-corrected chi connectivity index (χ3v) is 6.44. The normalized spacial score (nSPS) is 13.7. The molecule has 0 aromatic heterocycles. The molecule has 0 amide bonds. The Hall–Kier alpha value is -4.05. The smallest absolute Gasteiger partial charge is 0.338 e. The Morgan fingerprint density at radius 1 is 1.06 bits per heavy atom. The number of esters is 1. The molecule has 1 heterocycles. The summed E-state index contributed by atoms with van der Waals surface area (Å²) < 4.78 is 34.4. The van der Waals surface area contributed by atoms with E-state index in [0.717, 1.165) is 0 Å². The van der Waals surface area contributed by atoms with Gasteiger partial charge in [0.15, 0.2) is 5.84 Å². The summed E-state index contributed by atoms with van der Waals surface area (Å²) in [5.41, 5.74) is 1.61. The van der Waals surface area contributed by atoms with Gasteiger partial charge in [-0.1, -0.05) is 30.3 Å². The lowest BCUT2D eigenvalue weighted by atomic mass is 10.1. The van der Waals surface area contributed by atoms with Crippen molar-refractivity contribution in [1.29, 1.82) is 0 Å². The highest BCUT2D eigenvalue weighted by Crippen LogP contribution is 2.29. The molecule has 168 valence electrons. The lowest BCUT2D eigenvalue weighted by molar-refractivity contribution is -0.385. The quantitative estimate of drug-likeness (QED) is 0.309. The molecule has 3 aromatic carbocycles. The Labute approximate surface area is 190 Å². The number of nitro groups is 1. The third-order valence-electron chi connectivity index (χ3n) is 5.11. The molecule has 0 unspecified atom stereocenters. The second-order valence-electron chi connectivity index (χ2n) is 7.27. The van der Waals surface area contributed by atoms with E-state index in [-0.39, 0.29) is 35.1 Å². The average molecular weight is 465 g/mol. The van der Waals surface area contributed by atoms with Gasteiger partial charge >= 0.3 is 5.97 Å². The summed E-state index contributed by atoms with van der Waals surface area (Å²) in [5.74, 6) is -0.388. The van der Waals surface area contributed by atoms with Gasteiger partial charge in [-0.15, -0.1) is 4.40 Å².